The highest BCUT2D eigenvalue weighted by atomic mass is 35.5. The lowest BCUT2D eigenvalue weighted by atomic mass is 9.78. The topological polar surface area (TPSA) is 32.3 Å². The van der Waals surface area contributed by atoms with Crippen LogP contribution in [0.1, 0.15) is 28.9 Å². The van der Waals surface area contributed by atoms with Crippen molar-refractivity contribution < 1.29 is 4.79 Å². The average Bonchev–Trinajstić information content (AvgIpc) is 3.13. The molecule has 2 aromatic rings. The van der Waals surface area contributed by atoms with Gasteiger partial charge in [0, 0.05) is 34.7 Å². The fourth-order valence-electron chi connectivity index (χ4n) is 3.73. The molecule has 0 unspecified atom stereocenters. The van der Waals surface area contributed by atoms with Gasteiger partial charge in [-0.1, -0.05) is 29.3 Å². The Hall–Kier alpha value is -0.520. The van der Waals surface area contributed by atoms with E-state index in [1.807, 2.05) is 23.1 Å². The SMILES string of the molecule is Cl.O=C(c1sc2cc(Cl)ccc2c1Cl)N1CCC2(CCNC2)CC1. The third-order valence-electron chi connectivity index (χ3n) is 5.23. The van der Waals surface area contributed by atoms with Gasteiger partial charge >= 0.3 is 0 Å². The molecule has 1 aromatic carbocycles. The molecule has 0 aliphatic carbocycles. The molecule has 1 amide bonds. The van der Waals surface area contributed by atoms with Crippen LogP contribution >= 0.6 is 46.9 Å². The predicted octanol–water partition coefficient (Wildman–Crippen LogP) is 4.85. The van der Waals surface area contributed by atoms with Gasteiger partial charge in [-0.15, -0.1) is 23.7 Å². The molecule has 24 heavy (non-hydrogen) atoms. The van der Waals surface area contributed by atoms with Gasteiger partial charge in [0.25, 0.3) is 5.91 Å². The van der Waals surface area contributed by atoms with E-state index in [4.69, 9.17) is 23.2 Å². The van der Waals surface area contributed by atoms with Gasteiger partial charge in [-0.2, -0.15) is 0 Å². The number of thiophene rings is 1. The zero-order valence-electron chi connectivity index (χ0n) is 13.1. The molecule has 3 heterocycles. The Balaban J connectivity index is 0.00000169. The van der Waals surface area contributed by atoms with E-state index in [1.54, 1.807) is 0 Å². The third kappa shape index (κ3) is 3.15. The molecule has 1 N–H and O–H groups in total. The van der Waals surface area contributed by atoms with Crippen molar-refractivity contribution in [2.75, 3.05) is 26.2 Å². The maximum atomic E-state index is 12.9. The van der Waals surface area contributed by atoms with E-state index in [2.05, 4.69) is 5.32 Å². The van der Waals surface area contributed by atoms with E-state index in [0.717, 1.165) is 49.1 Å². The minimum absolute atomic E-state index is 0. The van der Waals surface area contributed by atoms with Crippen molar-refractivity contribution in [1.82, 2.24) is 10.2 Å². The summed E-state index contributed by atoms with van der Waals surface area (Å²) in [5.41, 5.74) is 0.411. The number of carbonyl (C=O) groups is 1. The van der Waals surface area contributed by atoms with Crippen LogP contribution in [0.3, 0.4) is 0 Å². The Morgan fingerprint density at radius 2 is 1.96 bits per heavy atom. The molecule has 0 bridgehead atoms. The van der Waals surface area contributed by atoms with Gasteiger partial charge in [-0.05, 0) is 43.4 Å². The minimum Gasteiger partial charge on any atom is -0.338 e. The Morgan fingerprint density at radius 1 is 1.21 bits per heavy atom. The van der Waals surface area contributed by atoms with E-state index in [-0.39, 0.29) is 18.3 Å². The van der Waals surface area contributed by atoms with Crippen LogP contribution in [0.4, 0.5) is 0 Å². The molecule has 2 aliphatic rings. The summed E-state index contributed by atoms with van der Waals surface area (Å²) >= 11 is 13.9. The molecule has 0 saturated carbocycles. The molecule has 2 saturated heterocycles. The summed E-state index contributed by atoms with van der Waals surface area (Å²) in [5, 5.41) is 5.60. The number of carbonyl (C=O) groups excluding carboxylic acids is 1. The number of rotatable bonds is 1. The summed E-state index contributed by atoms with van der Waals surface area (Å²) in [7, 11) is 0. The first kappa shape index (κ1) is 18.3. The largest absolute Gasteiger partial charge is 0.338 e. The van der Waals surface area contributed by atoms with E-state index >= 15 is 0 Å². The third-order valence-corrected chi connectivity index (χ3v) is 7.11. The molecule has 2 fully saturated rings. The van der Waals surface area contributed by atoms with Gasteiger partial charge in [-0.3, -0.25) is 4.79 Å². The van der Waals surface area contributed by atoms with Crippen LogP contribution in [0.15, 0.2) is 18.2 Å². The molecular formula is C17H19Cl3N2OS. The van der Waals surface area contributed by atoms with Crippen LogP contribution in [0.5, 0.6) is 0 Å². The minimum atomic E-state index is 0. The van der Waals surface area contributed by atoms with Crippen molar-refractivity contribution in [2.24, 2.45) is 5.41 Å². The summed E-state index contributed by atoms with van der Waals surface area (Å²) in [4.78, 5) is 15.5. The second-order valence-electron chi connectivity index (χ2n) is 6.60. The zero-order chi connectivity index (χ0) is 16.0. The molecular weight excluding hydrogens is 387 g/mol. The summed E-state index contributed by atoms with van der Waals surface area (Å²) in [6.07, 6.45) is 3.40. The Kier molecular flexibility index (Phi) is 5.33. The fourth-order valence-corrected chi connectivity index (χ4v) is 5.48. The molecule has 4 rings (SSSR count). The number of hydrogen-bond donors (Lipinski definition) is 1. The lowest BCUT2D eigenvalue weighted by Gasteiger charge is -2.38. The highest BCUT2D eigenvalue weighted by molar-refractivity contribution is 7.21. The zero-order valence-corrected chi connectivity index (χ0v) is 16.3. The molecule has 130 valence electrons. The van der Waals surface area contributed by atoms with Gasteiger partial charge in [0.15, 0.2) is 0 Å². The van der Waals surface area contributed by atoms with Gasteiger partial charge in [-0.25, -0.2) is 0 Å². The number of piperidine rings is 1. The quantitative estimate of drug-likeness (QED) is 0.736. The number of fused-ring (bicyclic) bond motifs is 1. The maximum absolute atomic E-state index is 12.9. The van der Waals surface area contributed by atoms with E-state index in [1.165, 1.54) is 17.8 Å². The number of hydrogen-bond acceptors (Lipinski definition) is 3. The van der Waals surface area contributed by atoms with Crippen LogP contribution in [0, 0.1) is 5.41 Å². The summed E-state index contributed by atoms with van der Waals surface area (Å²) in [6, 6.07) is 5.58. The number of amides is 1. The summed E-state index contributed by atoms with van der Waals surface area (Å²) < 4.78 is 0.972. The van der Waals surface area contributed by atoms with Crippen LogP contribution < -0.4 is 5.32 Å². The summed E-state index contributed by atoms with van der Waals surface area (Å²) in [5.74, 6) is 0.0631. The first-order chi connectivity index (χ1) is 11.1. The number of benzene rings is 1. The van der Waals surface area contributed by atoms with Crippen molar-refractivity contribution in [1.29, 1.82) is 0 Å². The van der Waals surface area contributed by atoms with Crippen molar-refractivity contribution >= 4 is 62.9 Å². The molecule has 0 atom stereocenters. The molecule has 2 aliphatic heterocycles. The summed E-state index contributed by atoms with van der Waals surface area (Å²) in [6.45, 7) is 3.85. The molecule has 1 spiro atoms. The lowest BCUT2D eigenvalue weighted by molar-refractivity contribution is 0.0612. The number of nitrogens with one attached hydrogen (secondary N) is 1. The smallest absolute Gasteiger partial charge is 0.265 e. The Morgan fingerprint density at radius 3 is 2.62 bits per heavy atom. The van der Waals surface area contributed by atoms with Crippen LogP contribution in [-0.4, -0.2) is 37.0 Å². The molecule has 0 radical (unpaired) electrons. The highest BCUT2D eigenvalue weighted by Crippen LogP contribution is 2.40. The first-order valence-electron chi connectivity index (χ1n) is 7.96. The van der Waals surface area contributed by atoms with E-state index in [0.29, 0.717) is 20.3 Å². The standard InChI is InChI=1S/C17H18Cl2N2OS.ClH/c18-11-1-2-12-13(9-11)23-15(14(12)19)16(22)21-7-4-17(5-8-21)3-6-20-10-17;/h1-2,9,20H,3-8,10H2;1H. The van der Waals surface area contributed by atoms with E-state index in [9.17, 15) is 4.79 Å². The van der Waals surface area contributed by atoms with Gasteiger partial charge in [0.05, 0.1) is 5.02 Å². The first-order valence-corrected chi connectivity index (χ1v) is 9.53. The Labute approximate surface area is 161 Å². The highest BCUT2D eigenvalue weighted by Gasteiger charge is 2.38. The van der Waals surface area contributed by atoms with Gasteiger partial charge < -0.3 is 10.2 Å². The van der Waals surface area contributed by atoms with Crippen molar-refractivity contribution in [3.8, 4) is 0 Å². The molecule has 1 aromatic heterocycles. The monoisotopic (exact) mass is 404 g/mol. The van der Waals surface area contributed by atoms with Gasteiger partial charge in [0.2, 0.25) is 0 Å². The van der Waals surface area contributed by atoms with Crippen molar-refractivity contribution in [2.45, 2.75) is 19.3 Å². The van der Waals surface area contributed by atoms with Crippen molar-refractivity contribution in [3.63, 3.8) is 0 Å². The van der Waals surface area contributed by atoms with Crippen LogP contribution in [0.2, 0.25) is 10.0 Å². The number of halogens is 3. The van der Waals surface area contributed by atoms with Gasteiger partial charge in [0.1, 0.15) is 4.88 Å². The Bertz CT molecular complexity index is 761. The predicted molar refractivity (Wildman–Crippen MR) is 104 cm³/mol. The fraction of sp³-hybridized carbons (Fsp3) is 0.471. The normalized spacial score (nSPS) is 19.7. The van der Waals surface area contributed by atoms with Crippen LogP contribution in [0.25, 0.3) is 10.1 Å². The number of nitrogens with zero attached hydrogens (tertiary/aromatic N) is 1. The molecule has 7 heteroatoms. The lowest BCUT2D eigenvalue weighted by Crippen LogP contribution is -2.43. The molecule has 3 nitrogen and oxygen atoms in total. The number of likely N-dealkylation sites (tertiary alicyclic amines) is 1. The average molecular weight is 406 g/mol. The second kappa shape index (κ2) is 7.00. The maximum Gasteiger partial charge on any atom is 0.265 e. The van der Waals surface area contributed by atoms with Crippen molar-refractivity contribution in [3.05, 3.63) is 33.1 Å². The second-order valence-corrected chi connectivity index (χ2v) is 8.47. The van der Waals surface area contributed by atoms with E-state index < -0.39 is 0 Å². The van der Waals surface area contributed by atoms with Crippen LogP contribution in [-0.2, 0) is 0 Å².